The molecule has 0 aliphatic heterocycles. The monoisotopic (exact) mass is 614 g/mol. The number of nitrogens with zero attached hydrogens (tertiary/aromatic N) is 2. The van der Waals surface area contributed by atoms with Crippen molar-refractivity contribution in [1.29, 1.82) is 0 Å². The van der Waals surface area contributed by atoms with Crippen LogP contribution in [0.15, 0.2) is 89.8 Å². The van der Waals surface area contributed by atoms with Crippen LogP contribution in [0.2, 0.25) is 5.02 Å². The van der Waals surface area contributed by atoms with Crippen LogP contribution < -0.4 is 4.74 Å². The van der Waals surface area contributed by atoms with E-state index in [-0.39, 0.29) is 17.1 Å². The Labute approximate surface area is 255 Å². The number of ether oxygens (including phenoxy) is 1. The molecular weight excluding hydrogens is 584 g/mol. The average Bonchev–Trinajstić information content (AvgIpc) is 3.39. The summed E-state index contributed by atoms with van der Waals surface area (Å²) < 4.78 is 32.2. The Bertz CT molecular complexity index is 1910. The number of fused-ring (bicyclic) bond motifs is 1. The van der Waals surface area contributed by atoms with E-state index in [0.717, 1.165) is 59.3 Å². The fourth-order valence-electron chi connectivity index (χ4n) is 5.85. The van der Waals surface area contributed by atoms with Gasteiger partial charge in [0.15, 0.2) is 9.84 Å². The number of benzene rings is 4. The summed E-state index contributed by atoms with van der Waals surface area (Å²) in [4.78, 5) is 16.8. The summed E-state index contributed by atoms with van der Waals surface area (Å²) in [5.74, 6) is 0.534. The standard InChI is InChI=1S/C34H31ClN2O5S/c1-43(40,41)29-15-9-22(10-16-29)30-17-12-26(35)19-25(30)21-42-28-13-7-23(8-14-28)33-36-31-20-24(34(38)39)11-18-32(31)37(33)27-5-3-2-4-6-27/h7-20,27H,2-6,21H2,1H3,(H,38,39). The van der Waals surface area contributed by atoms with Crippen molar-refractivity contribution in [2.75, 3.05) is 6.26 Å². The SMILES string of the molecule is CS(=O)(=O)c1ccc(-c2ccc(Cl)cc2COc2ccc(-c3nc4cc(C(=O)O)ccc4n3C3CCCCC3)cc2)cc1. The maximum absolute atomic E-state index is 11.9. The summed E-state index contributed by atoms with van der Waals surface area (Å²) in [5, 5.41) is 10.1. The molecule has 7 nitrogen and oxygen atoms in total. The maximum Gasteiger partial charge on any atom is 0.335 e. The van der Waals surface area contributed by atoms with Crippen molar-refractivity contribution in [3.8, 4) is 28.3 Å². The Hall–Kier alpha value is -4.14. The van der Waals surface area contributed by atoms with Crippen molar-refractivity contribution in [2.24, 2.45) is 0 Å². The molecule has 43 heavy (non-hydrogen) atoms. The van der Waals surface area contributed by atoms with E-state index in [0.29, 0.717) is 22.3 Å². The van der Waals surface area contributed by atoms with Crippen molar-refractivity contribution in [1.82, 2.24) is 9.55 Å². The molecule has 1 aliphatic carbocycles. The molecule has 1 aliphatic rings. The number of hydrogen-bond donors (Lipinski definition) is 1. The number of halogens is 1. The third-order valence-corrected chi connectivity index (χ3v) is 9.41. The topological polar surface area (TPSA) is 98.5 Å². The van der Waals surface area contributed by atoms with Gasteiger partial charge >= 0.3 is 5.97 Å². The molecule has 1 fully saturated rings. The number of sulfone groups is 1. The Morgan fingerprint density at radius 1 is 0.930 bits per heavy atom. The van der Waals surface area contributed by atoms with E-state index in [1.807, 2.05) is 42.5 Å². The van der Waals surface area contributed by atoms with Crippen LogP contribution in [-0.4, -0.2) is 35.3 Å². The van der Waals surface area contributed by atoms with E-state index < -0.39 is 15.8 Å². The van der Waals surface area contributed by atoms with Gasteiger partial charge in [-0.1, -0.05) is 49.1 Å². The Morgan fingerprint density at radius 3 is 2.30 bits per heavy atom. The van der Waals surface area contributed by atoms with Crippen molar-refractivity contribution in [3.63, 3.8) is 0 Å². The van der Waals surface area contributed by atoms with Gasteiger partial charge in [-0.3, -0.25) is 0 Å². The maximum atomic E-state index is 11.9. The number of aromatic nitrogens is 2. The zero-order chi connectivity index (χ0) is 30.1. The van der Waals surface area contributed by atoms with Crippen LogP contribution in [0.4, 0.5) is 0 Å². The minimum atomic E-state index is -3.29. The van der Waals surface area contributed by atoms with E-state index in [1.165, 1.54) is 12.7 Å². The number of aromatic carboxylic acids is 1. The largest absolute Gasteiger partial charge is 0.489 e. The lowest BCUT2D eigenvalue weighted by atomic mass is 9.95. The van der Waals surface area contributed by atoms with Crippen LogP contribution in [0.5, 0.6) is 5.75 Å². The molecule has 0 spiro atoms. The predicted octanol–water partition coefficient (Wildman–Crippen LogP) is 8.21. The molecule has 1 heterocycles. The molecule has 0 atom stereocenters. The summed E-state index contributed by atoms with van der Waals surface area (Å²) >= 11 is 6.32. The van der Waals surface area contributed by atoms with Crippen LogP contribution >= 0.6 is 11.6 Å². The molecule has 9 heteroatoms. The molecule has 1 N–H and O–H groups in total. The molecule has 1 saturated carbocycles. The van der Waals surface area contributed by atoms with Gasteiger partial charge in [0.2, 0.25) is 0 Å². The predicted molar refractivity (Wildman–Crippen MR) is 169 cm³/mol. The summed E-state index contributed by atoms with van der Waals surface area (Å²) in [7, 11) is -3.29. The van der Waals surface area contributed by atoms with E-state index >= 15 is 0 Å². The third-order valence-electron chi connectivity index (χ3n) is 8.04. The molecule has 4 aromatic carbocycles. The van der Waals surface area contributed by atoms with E-state index in [1.54, 1.807) is 42.5 Å². The Kier molecular flexibility index (Phi) is 7.99. The molecule has 0 saturated heterocycles. The fraction of sp³-hybridized carbons (Fsp3) is 0.235. The van der Waals surface area contributed by atoms with Crippen molar-refractivity contribution < 1.29 is 23.1 Å². The zero-order valence-electron chi connectivity index (χ0n) is 23.7. The van der Waals surface area contributed by atoms with Gasteiger partial charge in [-0.15, -0.1) is 0 Å². The molecule has 6 rings (SSSR count). The lowest BCUT2D eigenvalue weighted by Gasteiger charge is -2.25. The number of rotatable bonds is 8. The molecule has 5 aromatic rings. The highest BCUT2D eigenvalue weighted by atomic mass is 35.5. The quantitative estimate of drug-likeness (QED) is 0.189. The normalized spacial score (nSPS) is 14.2. The minimum Gasteiger partial charge on any atom is -0.489 e. The first kappa shape index (κ1) is 29.0. The minimum absolute atomic E-state index is 0.225. The van der Waals surface area contributed by atoms with Gasteiger partial charge < -0.3 is 14.4 Å². The van der Waals surface area contributed by atoms with Crippen LogP contribution in [-0.2, 0) is 16.4 Å². The number of imidazole rings is 1. The molecule has 220 valence electrons. The van der Waals surface area contributed by atoms with Crippen LogP contribution in [0.1, 0.15) is 54.1 Å². The summed E-state index contributed by atoms with van der Waals surface area (Å²) in [6.07, 6.45) is 6.89. The zero-order valence-corrected chi connectivity index (χ0v) is 25.2. The lowest BCUT2D eigenvalue weighted by molar-refractivity contribution is 0.0697. The lowest BCUT2D eigenvalue weighted by Crippen LogP contribution is -2.14. The van der Waals surface area contributed by atoms with Crippen LogP contribution in [0.25, 0.3) is 33.5 Å². The Morgan fingerprint density at radius 2 is 1.63 bits per heavy atom. The number of hydrogen-bond acceptors (Lipinski definition) is 5. The van der Waals surface area contributed by atoms with E-state index in [2.05, 4.69) is 4.57 Å². The average molecular weight is 615 g/mol. The van der Waals surface area contributed by atoms with Gasteiger partial charge in [-0.05, 0) is 96.3 Å². The van der Waals surface area contributed by atoms with Gasteiger partial charge in [-0.2, -0.15) is 0 Å². The third kappa shape index (κ3) is 6.17. The smallest absolute Gasteiger partial charge is 0.335 e. The van der Waals surface area contributed by atoms with Gasteiger partial charge in [0.1, 0.15) is 18.2 Å². The second-order valence-electron chi connectivity index (χ2n) is 11.0. The van der Waals surface area contributed by atoms with Gasteiger partial charge in [0.25, 0.3) is 0 Å². The van der Waals surface area contributed by atoms with Crippen molar-refractivity contribution >= 4 is 38.4 Å². The second-order valence-corrected chi connectivity index (χ2v) is 13.5. The molecular formula is C34H31ClN2O5S. The summed E-state index contributed by atoms with van der Waals surface area (Å²) in [5.41, 5.74) is 5.43. The molecule has 0 radical (unpaired) electrons. The first-order chi connectivity index (χ1) is 20.7. The number of carbonyl (C=O) groups is 1. The first-order valence-electron chi connectivity index (χ1n) is 14.2. The highest BCUT2D eigenvalue weighted by Crippen LogP contribution is 2.37. The summed E-state index contributed by atoms with van der Waals surface area (Å²) in [6.45, 7) is 0.265. The molecule has 1 aromatic heterocycles. The van der Waals surface area contributed by atoms with Crippen LogP contribution in [0, 0.1) is 0 Å². The van der Waals surface area contributed by atoms with Crippen LogP contribution in [0.3, 0.4) is 0 Å². The Balaban J connectivity index is 1.27. The molecule has 0 amide bonds. The first-order valence-corrected chi connectivity index (χ1v) is 16.5. The molecule has 0 bridgehead atoms. The molecule has 0 unspecified atom stereocenters. The van der Waals surface area contributed by atoms with E-state index in [9.17, 15) is 18.3 Å². The highest BCUT2D eigenvalue weighted by molar-refractivity contribution is 7.90. The second kappa shape index (κ2) is 11.9. The fourth-order valence-corrected chi connectivity index (χ4v) is 6.68. The summed E-state index contributed by atoms with van der Waals surface area (Å²) in [6, 6.07) is 25.6. The number of carboxylic acid groups (broad SMARTS) is 1. The van der Waals surface area contributed by atoms with Gasteiger partial charge in [0, 0.05) is 22.9 Å². The number of carboxylic acids is 1. The van der Waals surface area contributed by atoms with Gasteiger partial charge in [0.05, 0.1) is 21.5 Å². The van der Waals surface area contributed by atoms with Crippen molar-refractivity contribution in [2.45, 2.75) is 49.6 Å². The van der Waals surface area contributed by atoms with Gasteiger partial charge in [-0.25, -0.2) is 18.2 Å². The van der Waals surface area contributed by atoms with E-state index in [4.69, 9.17) is 21.3 Å². The van der Waals surface area contributed by atoms with Crippen molar-refractivity contribution in [3.05, 3.63) is 101 Å². The highest BCUT2D eigenvalue weighted by Gasteiger charge is 2.23.